The molecule has 8 aromatic carbocycles. The highest BCUT2D eigenvalue weighted by Gasteiger charge is 2.36. The Balaban J connectivity index is 0.978. The molecule has 0 aliphatic rings. The fourth-order valence-corrected chi connectivity index (χ4v) is 22.1. The lowest BCUT2D eigenvalue weighted by atomic mass is 10.0. The number of hydrogen-bond acceptors (Lipinski definition) is 5. The van der Waals surface area contributed by atoms with Gasteiger partial charge in [-0.1, -0.05) is 123 Å². The minimum atomic E-state index is -1.99. The van der Waals surface area contributed by atoms with E-state index in [1.54, 1.807) is 0 Å². The van der Waals surface area contributed by atoms with Gasteiger partial charge in [0, 0.05) is 39.8 Å². The van der Waals surface area contributed by atoms with Gasteiger partial charge in [0.05, 0.1) is 6.61 Å². The molecule has 0 bridgehead atoms. The molecule has 0 amide bonds. The summed E-state index contributed by atoms with van der Waals surface area (Å²) in [5, 5.41) is 4.86. The SMILES string of the molecule is CC[Si](=O)C[Si](C)(CCCCCOc1ccc(N(c2ccc(-c3ccc(N(c4ccccc4)c4ccc5ccccc5c4)cc3)cc2)c2ccc3ccccc3c2)cc1)O[Si](C)(C)C. The molecule has 64 heavy (non-hydrogen) atoms. The topological polar surface area (TPSA) is 42.0 Å². The predicted molar refractivity (Wildman–Crippen MR) is 278 cm³/mol. The fourth-order valence-electron chi connectivity index (χ4n) is 8.83. The molecule has 1 unspecified atom stereocenters. The molecule has 0 aromatic heterocycles. The first-order valence-corrected chi connectivity index (χ1v) is 30.9. The van der Waals surface area contributed by atoms with Crippen LogP contribution in [0.25, 0.3) is 32.7 Å². The summed E-state index contributed by atoms with van der Waals surface area (Å²) < 4.78 is 25.6. The van der Waals surface area contributed by atoms with Crippen LogP contribution in [0, 0.1) is 0 Å². The molecule has 0 saturated carbocycles. The Morgan fingerprint density at radius 1 is 0.469 bits per heavy atom. The van der Waals surface area contributed by atoms with Crippen molar-refractivity contribution in [3.8, 4) is 16.9 Å². The average Bonchev–Trinajstić information content (AvgIpc) is 3.31. The number of benzene rings is 8. The molecule has 0 N–H and O–H groups in total. The third kappa shape index (κ3) is 11.2. The second-order valence-corrected chi connectivity index (χ2v) is 29.7. The number of para-hydroxylation sites is 1. The van der Waals surface area contributed by atoms with Gasteiger partial charge in [0.15, 0.2) is 16.6 Å². The molecular weight excluding hydrogens is 833 g/mol. The van der Waals surface area contributed by atoms with E-state index < -0.39 is 25.3 Å². The highest BCUT2D eigenvalue weighted by molar-refractivity contribution is 6.89. The van der Waals surface area contributed by atoms with E-state index in [1.807, 2.05) is 6.92 Å². The van der Waals surface area contributed by atoms with Crippen LogP contribution in [0.5, 0.6) is 5.75 Å². The predicted octanol–water partition coefficient (Wildman–Crippen LogP) is 16.6. The lowest BCUT2D eigenvalue weighted by Gasteiger charge is -2.34. The van der Waals surface area contributed by atoms with Gasteiger partial charge in [0.25, 0.3) is 8.68 Å². The molecule has 0 saturated heterocycles. The van der Waals surface area contributed by atoms with Gasteiger partial charge in [-0.3, -0.25) is 0 Å². The van der Waals surface area contributed by atoms with Crippen molar-refractivity contribution >= 4 is 81.0 Å². The molecule has 1 atom stereocenters. The standard InChI is InChI=1S/C56H60N2O3Si3/c1-6-62(59)43-64(5,61-63(2,3)4)40-16-8-15-39-60-56-37-35-53(36-38-56)58(55-34-28-45-18-12-14-20-49(45)42-55)52-31-25-47(26-32-52)46-23-29-51(30-24-46)57(50-21-9-7-10-22-50)54-33-27-44-17-11-13-19-48(44)41-54/h7,9-14,17-38,41-42H,6,8,15-16,39-40,43H2,1-5H3. The summed E-state index contributed by atoms with van der Waals surface area (Å²) >= 11 is 0. The molecule has 0 aliphatic carbocycles. The van der Waals surface area contributed by atoms with Crippen LogP contribution in [0.2, 0.25) is 43.9 Å². The summed E-state index contributed by atoms with van der Waals surface area (Å²) in [5.41, 5.74) is 9.71. The summed E-state index contributed by atoms with van der Waals surface area (Å²) in [7, 11) is -5.24. The number of unbranched alkanes of at least 4 members (excludes halogenated alkanes) is 2. The first kappa shape index (κ1) is 44.7. The average molecular weight is 893 g/mol. The number of fused-ring (bicyclic) bond motifs is 2. The number of hydrogen-bond donors (Lipinski definition) is 0. The van der Waals surface area contributed by atoms with Crippen LogP contribution in [0.15, 0.2) is 188 Å². The third-order valence-electron chi connectivity index (χ3n) is 11.8. The molecule has 8 aromatic rings. The highest BCUT2D eigenvalue weighted by Crippen LogP contribution is 2.40. The molecule has 0 heterocycles. The van der Waals surface area contributed by atoms with Crippen molar-refractivity contribution in [2.75, 3.05) is 16.4 Å². The van der Waals surface area contributed by atoms with Crippen LogP contribution in [0.4, 0.5) is 34.1 Å². The van der Waals surface area contributed by atoms with Crippen LogP contribution >= 0.6 is 0 Å². The van der Waals surface area contributed by atoms with Crippen LogP contribution in [0.1, 0.15) is 26.2 Å². The maximum Gasteiger partial charge on any atom is 0.275 e. The Kier molecular flexibility index (Phi) is 14.2. The van der Waals surface area contributed by atoms with Crippen molar-refractivity contribution in [3.05, 3.63) is 188 Å². The molecule has 324 valence electrons. The summed E-state index contributed by atoms with van der Waals surface area (Å²) in [5.74, 6) is 0.871. The van der Waals surface area contributed by atoms with E-state index in [1.165, 1.54) is 21.5 Å². The Morgan fingerprint density at radius 3 is 1.39 bits per heavy atom. The van der Waals surface area contributed by atoms with Gasteiger partial charge in [-0.2, -0.15) is 0 Å². The molecule has 0 spiro atoms. The summed E-state index contributed by atoms with van der Waals surface area (Å²) in [4.78, 5) is 4.64. The Hall–Kier alpha value is -5.91. The van der Waals surface area contributed by atoms with Gasteiger partial charge in [-0.15, -0.1) is 0 Å². The highest BCUT2D eigenvalue weighted by atomic mass is 28.4. The van der Waals surface area contributed by atoms with E-state index in [-0.39, 0.29) is 0 Å². The van der Waals surface area contributed by atoms with Gasteiger partial charge < -0.3 is 23.1 Å². The van der Waals surface area contributed by atoms with Crippen molar-refractivity contribution < 1.29 is 13.3 Å². The van der Waals surface area contributed by atoms with Crippen LogP contribution in [-0.2, 0) is 8.58 Å². The largest absolute Gasteiger partial charge is 0.494 e. The summed E-state index contributed by atoms with van der Waals surface area (Å²) in [6, 6.07) is 69.1. The first-order chi connectivity index (χ1) is 31.0. The van der Waals surface area contributed by atoms with E-state index in [0.29, 0.717) is 6.61 Å². The number of nitrogens with zero attached hydrogens (tertiary/aromatic N) is 2. The Bertz CT molecular complexity index is 2790. The van der Waals surface area contributed by atoms with E-state index in [4.69, 9.17) is 8.85 Å². The Morgan fingerprint density at radius 2 is 0.906 bits per heavy atom. The second-order valence-electron chi connectivity index (χ2n) is 18.0. The van der Waals surface area contributed by atoms with Crippen molar-refractivity contribution in [1.82, 2.24) is 0 Å². The zero-order valence-corrected chi connectivity index (χ0v) is 41.0. The number of ether oxygens (including phenoxy) is 1. The van der Waals surface area contributed by atoms with Crippen molar-refractivity contribution in [1.29, 1.82) is 0 Å². The number of anilines is 6. The number of rotatable bonds is 19. The van der Waals surface area contributed by atoms with Gasteiger partial charge in [0.2, 0.25) is 0 Å². The maximum atomic E-state index is 12.6. The summed E-state index contributed by atoms with van der Waals surface area (Å²) in [6.07, 6.45) is 3.16. The first-order valence-electron chi connectivity index (χ1n) is 22.8. The normalized spacial score (nSPS) is 12.5. The molecule has 8 heteroatoms. The second kappa shape index (κ2) is 20.3. The van der Waals surface area contributed by atoms with Gasteiger partial charge >= 0.3 is 0 Å². The van der Waals surface area contributed by atoms with E-state index in [9.17, 15) is 4.46 Å². The molecule has 0 aliphatic heterocycles. The van der Waals surface area contributed by atoms with Crippen LogP contribution < -0.4 is 14.5 Å². The van der Waals surface area contributed by atoms with Crippen molar-refractivity contribution in [2.45, 2.75) is 70.1 Å². The molecule has 5 nitrogen and oxygen atoms in total. The van der Waals surface area contributed by atoms with Crippen LogP contribution in [-0.4, -0.2) is 31.9 Å². The summed E-state index contributed by atoms with van der Waals surface area (Å²) in [6.45, 7) is 11.8. The van der Waals surface area contributed by atoms with Crippen molar-refractivity contribution in [2.24, 2.45) is 0 Å². The van der Waals surface area contributed by atoms with E-state index in [0.717, 1.165) is 88.0 Å². The van der Waals surface area contributed by atoms with Gasteiger partial charge in [-0.25, -0.2) is 0 Å². The monoisotopic (exact) mass is 892 g/mol. The van der Waals surface area contributed by atoms with Gasteiger partial charge in [-0.05, 0) is 162 Å². The maximum absolute atomic E-state index is 12.6. The lowest BCUT2D eigenvalue weighted by Crippen LogP contribution is -2.46. The zero-order valence-electron chi connectivity index (χ0n) is 38.0. The minimum Gasteiger partial charge on any atom is -0.494 e. The van der Waals surface area contributed by atoms with Crippen molar-refractivity contribution in [3.63, 3.8) is 0 Å². The molecule has 8 rings (SSSR count). The van der Waals surface area contributed by atoms with E-state index >= 15 is 0 Å². The van der Waals surface area contributed by atoms with Crippen LogP contribution in [0.3, 0.4) is 0 Å². The molecular formula is C56H60N2O3Si3. The Labute approximate surface area is 383 Å². The zero-order chi connectivity index (χ0) is 44.5. The lowest BCUT2D eigenvalue weighted by molar-refractivity contribution is 0.306. The fraction of sp³-hybridized carbons (Fsp3) is 0.214. The molecule has 0 radical (unpaired) electrons. The van der Waals surface area contributed by atoms with Gasteiger partial charge in [0.1, 0.15) is 5.75 Å². The third-order valence-corrected chi connectivity index (χ3v) is 23.0. The van der Waals surface area contributed by atoms with E-state index in [2.05, 4.69) is 224 Å². The minimum absolute atomic E-state index is 0.669. The smallest absolute Gasteiger partial charge is 0.275 e. The quantitative estimate of drug-likeness (QED) is 0.0598. The molecule has 0 fully saturated rings.